The fourth-order valence-electron chi connectivity index (χ4n) is 5.61. The Balaban J connectivity index is 0.000000371. The summed E-state index contributed by atoms with van der Waals surface area (Å²) in [7, 11) is 3.81. The van der Waals surface area contributed by atoms with Gasteiger partial charge in [0.25, 0.3) is 0 Å². The smallest absolute Gasteiger partial charge is 0.150 e. The third-order valence-electron chi connectivity index (χ3n) is 7.91. The molecule has 40 heavy (non-hydrogen) atoms. The average Bonchev–Trinajstić information content (AvgIpc) is 2.99. The molecule has 0 aliphatic carbocycles. The molecule has 1 aliphatic heterocycles. The van der Waals surface area contributed by atoms with E-state index in [0.29, 0.717) is 30.7 Å². The van der Waals surface area contributed by atoms with Crippen LogP contribution < -0.4 is 5.73 Å². The van der Waals surface area contributed by atoms with Gasteiger partial charge in [0.1, 0.15) is 12.1 Å². The number of nitrogens with zero attached hydrogens (tertiary/aromatic N) is 1. The van der Waals surface area contributed by atoms with Crippen LogP contribution in [0.3, 0.4) is 0 Å². The number of benzene rings is 3. The van der Waals surface area contributed by atoms with E-state index in [1.54, 1.807) is 25.3 Å². The third kappa shape index (κ3) is 8.31. The van der Waals surface area contributed by atoms with Crippen molar-refractivity contribution in [3.63, 3.8) is 0 Å². The number of carbonyl (C=O) groups excluding carboxylic acids is 1. The largest absolute Gasteiger partial charge is 0.385 e. The minimum Gasteiger partial charge on any atom is -0.385 e. The second kappa shape index (κ2) is 15.8. The number of halogens is 1. The van der Waals surface area contributed by atoms with Crippen LogP contribution in [0.25, 0.3) is 11.1 Å². The van der Waals surface area contributed by atoms with Gasteiger partial charge in [0.15, 0.2) is 0 Å². The summed E-state index contributed by atoms with van der Waals surface area (Å²) in [5.41, 5.74) is 9.32. The molecule has 1 fully saturated rings. The van der Waals surface area contributed by atoms with Gasteiger partial charge in [-0.05, 0) is 80.4 Å². The minimum atomic E-state index is -1.07. The second-order valence-corrected chi connectivity index (χ2v) is 10.8. The number of rotatable bonds is 11. The molecule has 5 nitrogen and oxygen atoms in total. The number of aldehydes is 1. The molecule has 0 saturated carbocycles. The fraction of sp³-hybridized carbons (Fsp3) is 0.441. The summed E-state index contributed by atoms with van der Waals surface area (Å²) in [4.78, 5) is 12.5. The van der Waals surface area contributed by atoms with Gasteiger partial charge < -0.3 is 20.5 Å². The van der Waals surface area contributed by atoms with Crippen LogP contribution in [0.1, 0.15) is 66.1 Å². The van der Waals surface area contributed by atoms with Gasteiger partial charge >= 0.3 is 0 Å². The maximum Gasteiger partial charge on any atom is 0.150 e. The van der Waals surface area contributed by atoms with Crippen molar-refractivity contribution in [3.05, 3.63) is 94.8 Å². The molecule has 216 valence electrons. The molecule has 0 radical (unpaired) electrons. The molecule has 3 aromatic carbocycles. The lowest BCUT2D eigenvalue weighted by Crippen LogP contribution is -2.45. The van der Waals surface area contributed by atoms with E-state index in [0.717, 1.165) is 68.2 Å². The maximum atomic E-state index is 15.2. The van der Waals surface area contributed by atoms with E-state index in [2.05, 4.69) is 31.0 Å². The molecular weight excluding hydrogens is 503 g/mol. The number of hydrogen-bond acceptors (Lipinski definition) is 5. The first-order chi connectivity index (χ1) is 19.4. The number of methoxy groups -OCH3 is 1. The van der Waals surface area contributed by atoms with Crippen molar-refractivity contribution in [1.82, 2.24) is 4.90 Å². The Kier molecular flexibility index (Phi) is 12.5. The van der Waals surface area contributed by atoms with Gasteiger partial charge in [0, 0.05) is 43.9 Å². The lowest BCUT2D eigenvalue weighted by molar-refractivity contribution is -0.0584. The van der Waals surface area contributed by atoms with Gasteiger partial charge in [0.2, 0.25) is 0 Å². The number of unbranched alkanes of at least 4 members (excludes halogenated alkanes) is 1. The van der Waals surface area contributed by atoms with Gasteiger partial charge in [-0.25, -0.2) is 4.39 Å². The normalized spacial score (nSPS) is 17.0. The van der Waals surface area contributed by atoms with Crippen molar-refractivity contribution >= 4 is 6.29 Å². The molecule has 6 heteroatoms. The average molecular weight is 549 g/mol. The van der Waals surface area contributed by atoms with E-state index in [-0.39, 0.29) is 11.7 Å². The van der Waals surface area contributed by atoms with Crippen molar-refractivity contribution in [2.45, 2.75) is 57.6 Å². The van der Waals surface area contributed by atoms with Crippen LogP contribution in [0.5, 0.6) is 0 Å². The summed E-state index contributed by atoms with van der Waals surface area (Å²) in [5.74, 6) is -0.186. The summed E-state index contributed by atoms with van der Waals surface area (Å²) in [6, 6.07) is 20.5. The zero-order valence-corrected chi connectivity index (χ0v) is 24.2. The van der Waals surface area contributed by atoms with E-state index in [1.165, 1.54) is 11.6 Å². The summed E-state index contributed by atoms with van der Waals surface area (Å²) < 4.78 is 20.5. The quantitative estimate of drug-likeness (QED) is 0.215. The van der Waals surface area contributed by atoms with Crippen molar-refractivity contribution in [3.8, 4) is 11.1 Å². The third-order valence-corrected chi connectivity index (χ3v) is 7.91. The summed E-state index contributed by atoms with van der Waals surface area (Å²) in [5, 5.41) is 12.2. The molecule has 2 atom stereocenters. The zero-order chi connectivity index (χ0) is 29.0. The SMILES string of the molecule is CCc1cccc(-c2c(F)cccc2C(O)(CCCCOC)C2CCCN(C)C2)c1.NCc1ccc(C=O)cc1. The zero-order valence-electron chi connectivity index (χ0n) is 24.2. The lowest BCUT2D eigenvalue weighted by Gasteiger charge is -2.43. The molecule has 0 spiro atoms. The highest BCUT2D eigenvalue weighted by atomic mass is 19.1. The summed E-state index contributed by atoms with van der Waals surface area (Å²) in [6.07, 6.45) is 6.06. The molecule has 0 amide bonds. The Bertz CT molecular complexity index is 1200. The Morgan fingerprint density at radius 2 is 1.85 bits per heavy atom. The Morgan fingerprint density at radius 3 is 2.50 bits per heavy atom. The standard InChI is InChI=1S/C26H36FNO2.C8H9NO/c1-4-20-10-7-11-21(18-20)25-23(13-8-14-24(25)27)26(29,15-5-6-17-30-3)22-12-9-16-28(2)19-22;9-5-7-1-3-8(6-10)4-2-7/h7-8,10-11,13-14,18,22,29H,4-6,9,12,15-17,19H2,1-3H3;1-4,6H,5,9H2. The van der Waals surface area contributed by atoms with Gasteiger partial charge in [-0.15, -0.1) is 0 Å². The van der Waals surface area contributed by atoms with Gasteiger partial charge in [-0.1, -0.05) is 67.6 Å². The minimum absolute atomic E-state index is 0.0775. The molecule has 1 saturated heterocycles. The van der Waals surface area contributed by atoms with Crippen LogP contribution in [0, 0.1) is 11.7 Å². The fourth-order valence-corrected chi connectivity index (χ4v) is 5.61. The van der Waals surface area contributed by atoms with Crippen LogP contribution >= 0.6 is 0 Å². The highest BCUT2D eigenvalue weighted by molar-refractivity contribution is 5.74. The van der Waals surface area contributed by atoms with E-state index in [1.807, 2.05) is 30.3 Å². The molecule has 0 bridgehead atoms. The van der Waals surface area contributed by atoms with Crippen LogP contribution in [-0.2, 0) is 23.3 Å². The van der Waals surface area contributed by atoms with Crippen molar-refractivity contribution in [1.29, 1.82) is 0 Å². The number of likely N-dealkylation sites (tertiary alicyclic amines) is 1. The second-order valence-electron chi connectivity index (χ2n) is 10.8. The molecule has 0 aromatic heterocycles. The predicted molar refractivity (Wildman–Crippen MR) is 161 cm³/mol. The number of carbonyl (C=O) groups is 1. The number of aryl methyl sites for hydroxylation is 1. The first kappa shape index (κ1) is 31.6. The van der Waals surface area contributed by atoms with Crippen LogP contribution in [-0.4, -0.2) is 50.1 Å². The Labute approximate surface area is 239 Å². The van der Waals surface area contributed by atoms with Gasteiger partial charge in [0.05, 0.1) is 5.60 Å². The van der Waals surface area contributed by atoms with Gasteiger partial charge in [-0.3, -0.25) is 4.79 Å². The number of hydrogen-bond donors (Lipinski definition) is 2. The monoisotopic (exact) mass is 548 g/mol. The van der Waals surface area contributed by atoms with Crippen LogP contribution in [0.2, 0.25) is 0 Å². The van der Waals surface area contributed by atoms with Crippen LogP contribution in [0.4, 0.5) is 4.39 Å². The Hall–Kier alpha value is -2.90. The predicted octanol–water partition coefficient (Wildman–Crippen LogP) is 6.36. The van der Waals surface area contributed by atoms with Crippen molar-refractivity contribution < 1.29 is 19.0 Å². The van der Waals surface area contributed by atoms with E-state index < -0.39 is 5.60 Å². The van der Waals surface area contributed by atoms with Crippen molar-refractivity contribution in [2.24, 2.45) is 11.7 Å². The molecule has 4 rings (SSSR count). The molecule has 2 unspecified atom stereocenters. The van der Waals surface area contributed by atoms with E-state index >= 15 is 4.39 Å². The first-order valence-electron chi connectivity index (χ1n) is 14.4. The summed E-state index contributed by atoms with van der Waals surface area (Å²) in [6.45, 7) is 5.18. The molecule has 1 aliphatic rings. The topological polar surface area (TPSA) is 75.8 Å². The highest BCUT2D eigenvalue weighted by Gasteiger charge is 2.41. The van der Waals surface area contributed by atoms with Gasteiger partial charge in [-0.2, -0.15) is 0 Å². The number of ether oxygens (including phenoxy) is 1. The maximum absolute atomic E-state index is 15.2. The Morgan fingerprint density at radius 1 is 1.10 bits per heavy atom. The number of piperidine rings is 1. The van der Waals surface area contributed by atoms with E-state index in [9.17, 15) is 9.90 Å². The molecule has 3 N–H and O–H groups in total. The number of aliphatic hydroxyl groups is 1. The summed E-state index contributed by atoms with van der Waals surface area (Å²) >= 11 is 0. The lowest BCUT2D eigenvalue weighted by atomic mass is 9.72. The van der Waals surface area contributed by atoms with Crippen LogP contribution in [0.15, 0.2) is 66.7 Å². The number of nitrogens with two attached hydrogens (primary N) is 1. The molecule has 1 heterocycles. The highest BCUT2D eigenvalue weighted by Crippen LogP contribution is 2.44. The van der Waals surface area contributed by atoms with E-state index in [4.69, 9.17) is 10.5 Å². The van der Waals surface area contributed by atoms with Crippen molar-refractivity contribution in [2.75, 3.05) is 33.9 Å². The molecular formula is C34H45FN2O3. The first-order valence-corrected chi connectivity index (χ1v) is 14.4. The molecule has 3 aromatic rings.